The van der Waals surface area contributed by atoms with Gasteiger partial charge in [0, 0.05) is 25.1 Å². The summed E-state index contributed by atoms with van der Waals surface area (Å²) in [7, 11) is 1.80. The van der Waals surface area contributed by atoms with E-state index in [9.17, 15) is 4.79 Å². The first kappa shape index (κ1) is 9.84. The van der Waals surface area contributed by atoms with E-state index in [1.807, 2.05) is 19.9 Å². The van der Waals surface area contributed by atoms with Crippen LogP contribution in [0.4, 0.5) is 0 Å². The maximum Gasteiger partial charge on any atom is 0.225 e. The van der Waals surface area contributed by atoms with Crippen molar-refractivity contribution in [3.8, 4) is 0 Å². The number of hydrogen-bond acceptors (Lipinski definition) is 2. The lowest BCUT2D eigenvalue weighted by Gasteiger charge is -2.18. The Hall–Kier alpha value is -1.25. The second-order valence-corrected chi connectivity index (χ2v) is 3.48. The van der Waals surface area contributed by atoms with E-state index in [4.69, 9.17) is 4.42 Å². The predicted octanol–water partition coefficient (Wildman–Crippen LogP) is 1.89. The van der Waals surface area contributed by atoms with Crippen LogP contribution in [0, 0.1) is 5.92 Å². The predicted molar refractivity (Wildman–Crippen MR) is 50.0 cm³/mol. The van der Waals surface area contributed by atoms with Gasteiger partial charge in [0.25, 0.3) is 0 Å². The molecule has 0 N–H and O–H groups in total. The van der Waals surface area contributed by atoms with Gasteiger partial charge >= 0.3 is 0 Å². The van der Waals surface area contributed by atoms with Crippen molar-refractivity contribution >= 4 is 5.91 Å². The minimum Gasteiger partial charge on any atom is -0.472 e. The number of furan rings is 1. The van der Waals surface area contributed by atoms with Crippen molar-refractivity contribution in [2.45, 2.75) is 20.4 Å². The molecule has 72 valence electrons. The van der Waals surface area contributed by atoms with Gasteiger partial charge in [0.1, 0.15) is 0 Å². The van der Waals surface area contributed by atoms with Crippen LogP contribution in [-0.2, 0) is 11.3 Å². The quantitative estimate of drug-likeness (QED) is 0.713. The maximum absolute atomic E-state index is 11.5. The fraction of sp³-hybridized carbons (Fsp3) is 0.500. The van der Waals surface area contributed by atoms with Gasteiger partial charge in [-0.1, -0.05) is 13.8 Å². The molecule has 0 bridgehead atoms. The Bertz CT molecular complexity index is 264. The smallest absolute Gasteiger partial charge is 0.225 e. The number of nitrogens with zero attached hydrogens (tertiary/aromatic N) is 1. The van der Waals surface area contributed by atoms with Crippen molar-refractivity contribution in [1.82, 2.24) is 4.90 Å². The molecule has 1 aromatic rings. The molecule has 0 radical (unpaired) electrons. The number of amides is 1. The molecular formula is C10H15NO2. The summed E-state index contributed by atoms with van der Waals surface area (Å²) in [6.45, 7) is 4.41. The third-order valence-electron chi connectivity index (χ3n) is 1.87. The van der Waals surface area contributed by atoms with Gasteiger partial charge < -0.3 is 9.32 Å². The number of hydrogen-bond donors (Lipinski definition) is 0. The minimum absolute atomic E-state index is 0.0527. The lowest BCUT2D eigenvalue weighted by Crippen LogP contribution is -2.29. The molecule has 13 heavy (non-hydrogen) atoms. The van der Waals surface area contributed by atoms with Crippen LogP contribution in [0.1, 0.15) is 19.4 Å². The summed E-state index contributed by atoms with van der Waals surface area (Å²) >= 11 is 0. The summed E-state index contributed by atoms with van der Waals surface area (Å²) in [5.41, 5.74) is 1.02. The highest BCUT2D eigenvalue weighted by Crippen LogP contribution is 2.06. The van der Waals surface area contributed by atoms with E-state index in [1.165, 1.54) is 0 Å². The fourth-order valence-electron chi connectivity index (χ4n) is 1.18. The van der Waals surface area contributed by atoms with Gasteiger partial charge in [-0.25, -0.2) is 0 Å². The first-order chi connectivity index (χ1) is 6.11. The van der Waals surface area contributed by atoms with Gasteiger partial charge in [-0.2, -0.15) is 0 Å². The third-order valence-corrected chi connectivity index (χ3v) is 1.87. The van der Waals surface area contributed by atoms with Crippen molar-refractivity contribution in [1.29, 1.82) is 0 Å². The average Bonchev–Trinajstić information content (AvgIpc) is 2.55. The number of carbonyl (C=O) groups is 1. The molecule has 1 rings (SSSR count). The Balaban J connectivity index is 2.51. The molecule has 1 heterocycles. The van der Waals surface area contributed by atoms with Crippen molar-refractivity contribution < 1.29 is 9.21 Å². The Labute approximate surface area is 78.3 Å². The molecule has 0 fully saturated rings. The molecule has 0 unspecified atom stereocenters. The molecule has 3 heteroatoms. The molecule has 0 saturated heterocycles. The average molecular weight is 181 g/mol. The highest BCUT2D eigenvalue weighted by atomic mass is 16.3. The molecule has 0 aliphatic rings. The highest BCUT2D eigenvalue weighted by molar-refractivity contribution is 5.77. The molecule has 0 spiro atoms. The van der Waals surface area contributed by atoms with Crippen LogP contribution in [0.3, 0.4) is 0 Å². The maximum atomic E-state index is 11.5. The van der Waals surface area contributed by atoms with Gasteiger partial charge in [0.15, 0.2) is 0 Å². The van der Waals surface area contributed by atoms with Crippen molar-refractivity contribution in [2.24, 2.45) is 5.92 Å². The standard InChI is InChI=1S/C10H15NO2/c1-8(2)10(12)11(3)6-9-4-5-13-7-9/h4-5,7-8H,6H2,1-3H3. The van der Waals surface area contributed by atoms with E-state index >= 15 is 0 Å². The van der Waals surface area contributed by atoms with E-state index in [2.05, 4.69) is 0 Å². The molecule has 0 atom stereocenters. The van der Waals surface area contributed by atoms with Gasteiger partial charge in [-0.05, 0) is 6.07 Å². The molecule has 0 aliphatic heterocycles. The second kappa shape index (κ2) is 4.12. The van der Waals surface area contributed by atoms with Crippen LogP contribution in [-0.4, -0.2) is 17.9 Å². The van der Waals surface area contributed by atoms with Gasteiger partial charge in [0.2, 0.25) is 5.91 Å². The van der Waals surface area contributed by atoms with Crippen LogP contribution >= 0.6 is 0 Å². The molecule has 0 aromatic carbocycles. The highest BCUT2D eigenvalue weighted by Gasteiger charge is 2.12. The Morgan fingerprint density at radius 1 is 1.62 bits per heavy atom. The monoisotopic (exact) mass is 181 g/mol. The Kier molecular flexibility index (Phi) is 3.12. The fourth-order valence-corrected chi connectivity index (χ4v) is 1.18. The van der Waals surface area contributed by atoms with Crippen LogP contribution in [0.2, 0.25) is 0 Å². The first-order valence-corrected chi connectivity index (χ1v) is 4.37. The van der Waals surface area contributed by atoms with Gasteiger partial charge in [-0.15, -0.1) is 0 Å². The molecule has 0 aliphatic carbocycles. The van der Waals surface area contributed by atoms with Crippen LogP contribution in [0.5, 0.6) is 0 Å². The zero-order chi connectivity index (χ0) is 9.84. The molecule has 0 saturated carbocycles. The third kappa shape index (κ3) is 2.61. The number of carbonyl (C=O) groups excluding carboxylic acids is 1. The molecular weight excluding hydrogens is 166 g/mol. The summed E-state index contributed by atoms with van der Waals surface area (Å²) in [4.78, 5) is 13.2. The van der Waals surface area contributed by atoms with Crippen molar-refractivity contribution in [3.63, 3.8) is 0 Å². The topological polar surface area (TPSA) is 33.5 Å². The van der Waals surface area contributed by atoms with E-state index in [0.717, 1.165) is 5.56 Å². The van der Waals surface area contributed by atoms with Crippen LogP contribution in [0.25, 0.3) is 0 Å². The lowest BCUT2D eigenvalue weighted by atomic mass is 10.2. The van der Waals surface area contributed by atoms with E-state index in [0.29, 0.717) is 6.54 Å². The zero-order valence-corrected chi connectivity index (χ0v) is 8.28. The second-order valence-electron chi connectivity index (χ2n) is 3.48. The summed E-state index contributed by atoms with van der Waals surface area (Å²) in [5, 5.41) is 0. The molecule has 3 nitrogen and oxygen atoms in total. The van der Waals surface area contributed by atoms with Gasteiger partial charge in [0.05, 0.1) is 12.5 Å². The largest absolute Gasteiger partial charge is 0.472 e. The zero-order valence-electron chi connectivity index (χ0n) is 8.28. The minimum atomic E-state index is 0.0527. The van der Waals surface area contributed by atoms with Crippen LogP contribution in [0.15, 0.2) is 23.0 Å². The molecule has 1 amide bonds. The summed E-state index contributed by atoms with van der Waals surface area (Å²) in [6.07, 6.45) is 3.27. The van der Waals surface area contributed by atoms with E-state index < -0.39 is 0 Å². The summed E-state index contributed by atoms with van der Waals surface area (Å²) < 4.78 is 4.92. The lowest BCUT2D eigenvalue weighted by molar-refractivity contribution is -0.133. The summed E-state index contributed by atoms with van der Waals surface area (Å²) in [6, 6.07) is 1.87. The normalized spacial score (nSPS) is 10.5. The number of rotatable bonds is 3. The molecule has 1 aromatic heterocycles. The van der Waals surface area contributed by atoms with Crippen molar-refractivity contribution in [2.75, 3.05) is 7.05 Å². The van der Waals surface area contributed by atoms with Crippen LogP contribution < -0.4 is 0 Å². The Morgan fingerprint density at radius 3 is 2.77 bits per heavy atom. The first-order valence-electron chi connectivity index (χ1n) is 4.37. The Morgan fingerprint density at radius 2 is 2.31 bits per heavy atom. The summed E-state index contributed by atoms with van der Waals surface area (Å²) in [5.74, 6) is 0.207. The SMILES string of the molecule is CC(C)C(=O)N(C)Cc1ccoc1. The van der Waals surface area contributed by atoms with Crippen molar-refractivity contribution in [3.05, 3.63) is 24.2 Å². The van der Waals surface area contributed by atoms with Gasteiger partial charge in [-0.3, -0.25) is 4.79 Å². The van der Waals surface area contributed by atoms with E-state index in [-0.39, 0.29) is 11.8 Å². The van der Waals surface area contributed by atoms with E-state index in [1.54, 1.807) is 24.5 Å².